The molecule has 4 N–H and O–H groups in total. The minimum absolute atomic E-state index is 0.00639. The summed E-state index contributed by atoms with van der Waals surface area (Å²) in [7, 11) is 5.07. The van der Waals surface area contributed by atoms with Gasteiger partial charge in [0.2, 0.25) is 17.7 Å². The summed E-state index contributed by atoms with van der Waals surface area (Å²) in [6.07, 6.45) is 6.22. The SMILES string of the molecule is COc1ccc(C(N)=O)c(-c2c(Cl)c(F)cc3c2C(C)C(CNC2CCC(C(=O)N(C)CCC4CCN(c5ccc6c(N7CCC(=O)NC7=O)nn(C)c6c5)CC4)CC2)(c2ccccc2)O3)c1F. The van der Waals surface area contributed by atoms with E-state index in [2.05, 4.69) is 32.8 Å². The predicted molar refractivity (Wildman–Crippen MR) is 256 cm³/mol. The largest absolute Gasteiger partial charge is 0.494 e. The van der Waals surface area contributed by atoms with Crippen LogP contribution in [0.15, 0.2) is 66.7 Å². The highest BCUT2D eigenvalue weighted by Crippen LogP contribution is 2.56. The number of aryl methyl sites for hydroxylation is 1. The van der Waals surface area contributed by atoms with Crippen molar-refractivity contribution in [2.45, 2.75) is 75.9 Å². The Morgan fingerprint density at radius 1 is 1.00 bits per heavy atom. The van der Waals surface area contributed by atoms with E-state index in [1.807, 2.05) is 62.3 Å². The number of nitrogens with zero attached hydrogens (tertiary/aromatic N) is 5. The molecule has 358 valence electrons. The van der Waals surface area contributed by atoms with E-state index in [1.54, 1.807) is 4.68 Å². The van der Waals surface area contributed by atoms with Crippen LogP contribution in [0.5, 0.6) is 11.5 Å². The van der Waals surface area contributed by atoms with Gasteiger partial charge in [-0.05, 0) is 86.8 Å². The van der Waals surface area contributed by atoms with E-state index >= 15 is 8.78 Å². The zero-order valence-electron chi connectivity index (χ0n) is 38.7. The van der Waals surface area contributed by atoms with Gasteiger partial charge < -0.3 is 30.3 Å². The molecule has 2 unspecified atom stereocenters. The Labute approximate surface area is 399 Å². The Kier molecular flexibility index (Phi) is 13.1. The molecule has 0 bridgehead atoms. The number of urea groups is 1. The van der Waals surface area contributed by atoms with Crippen molar-refractivity contribution in [2.24, 2.45) is 24.6 Å². The number of imide groups is 1. The fraction of sp³-hybridized carbons (Fsp3) is 0.431. The van der Waals surface area contributed by atoms with Gasteiger partial charge in [-0.25, -0.2) is 13.6 Å². The number of ether oxygens (including phenoxy) is 2. The summed E-state index contributed by atoms with van der Waals surface area (Å²) in [5.74, 6) is -2.24. The minimum Gasteiger partial charge on any atom is -0.494 e. The summed E-state index contributed by atoms with van der Waals surface area (Å²) in [5.41, 5.74) is 7.53. The number of nitrogens with two attached hydrogens (primary N) is 1. The number of hydrogen-bond acceptors (Lipinski definition) is 9. The Hall–Kier alpha value is -6.26. The van der Waals surface area contributed by atoms with E-state index in [1.165, 1.54) is 30.2 Å². The summed E-state index contributed by atoms with van der Waals surface area (Å²) in [5, 5.41) is 11.2. The number of benzene rings is 4. The van der Waals surface area contributed by atoms with Gasteiger partial charge in [0.15, 0.2) is 23.0 Å². The first-order valence-corrected chi connectivity index (χ1v) is 23.8. The van der Waals surface area contributed by atoms with Crippen LogP contribution in [0, 0.1) is 23.5 Å². The highest BCUT2D eigenvalue weighted by molar-refractivity contribution is 6.34. The first-order valence-electron chi connectivity index (χ1n) is 23.4. The fourth-order valence-electron chi connectivity index (χ4n) is 10.9. The first-order chi connectivity index (χ1) is 32.7. The van der Waals surface area contributed by atoms with Gasteiger partial charge in [0.25, 0.3) is 0 Å². The summed E-state index contributed by atoms with van der Waals surface area (Å²) >= 11 is 6.69. The third kappa shape index (κ3) is 8.61. The van der Waals surface area contributed by atoms with Crippen LogP contribution in [0.1, 0.15) is 85.7 Å². The zero-order valence-corrected chi connectivity index (χ0v) is 39.5. The second-order valence-corrected chi connectivity index (χ2v) is 19.1. The Morgan fingerprint density at radius 2 is 1.74 bits per heavy atom. The van der Waals surface area contributed by atoms with Crippen molar-refractivity contribution in [1.82, 2.24) is 25.3 Å². The number of fused-ring (bicyclic) bond motifs is 2. The van der Waals surface area contributed by atoms with Gasteiger partial charge >= 0.3 is 6.03 Å². The van der Waals surface area contributed by atoms with Crippen LogP contribution < -0.4 is 35.6 Å². The molecule has 2 atom stereocenters. The van der Waals surface area contributed by atoms with E-state index in [9.17, 15) is 19.2 Å². The molecule has 1 aromatic heterocycles. The molecular weight excluding hydrogens is 894 g/mol. The van der Waals surface area contributed by atoms with Crippen molar-refractivity contribution in [3.63, 3.8) is 0 Å². The molecule has 3 aliphatic heterocycles. The number of carbonyl (C=O) groups excluding carboxylic acids is 4. The molecule has 4 heterocycles. The van der Waals surface area contributed by atoms with Crippen LogP contribution in [0.4, 0.5) is 25.1 Å². The number of amides is 5. The van der Waals surface area contributed by atoms with E-state index in [4.69, 9.17) is 26.8 Å². The first kappa shape index (κ1) is 46.8. The van der Waals surface area contributed by atoms with Crippen LogP contribution >= 0.6 is 11.6 Å². The highest BCUT2D eigenvalue weighted by Gasteiger charge is 2.50. The molecule has 4 aliphatic rings. The van der Waals surface area contributed by atoms with Gasteiger partial charge in [-0.2, -0.15) is 5.10 Å². The van der Waals surface area contributed by atoms with Crippen LogP contribution in [0.25, 0.3) is 22.0 Å². The average molecular weight is 952 g/mol. The Morgan fingerprint density at radius 3 is 2.43 bits per heavy atom. The number of nitrogens with one attached hydrogen (secondary N) is 2. The second-order valence-electron chi connectivity index (χ2n) is 18.7. The second kappa shape index (κ2) is 19.0. The lowest BCUT2D eigenvalue weighted by atomic mass is 9.77. The van der Waals surface area contributed by atoms with Gasteiger partial charge in [-0.15, -0.1) is 0 Å². The van der Waals surface area contributed by atoms with Crippen LogP contribution in [-0.2, 0) is 22.2 Å². The molecule has 0 radical (unpaired) electrons. The van der Waals surface area contributed by atoms with E-state index in [-0.39, 0.29) is 63.4 Å². The fourth-order valence-corrected chi connectivity index (χ4v) is 11.1. The lowest BCUT2D eigenvalue weighted by molar-refractivity contribution is -0.135. The van der Waals surface area contributed by atoms with Gasteiger partial charge in [0.1, 0.15) is 11.6 Å². The number of halogens is 3. The highest BCUT2D eigenvalue weighted by atomic mass is 35.5. The summed E-state index contributed by atoms with van der Waals surface area (Å²) in [6.45, 7) is 5.04. The molecule has 5 aromatic rings. The van der Waals surface area contributed by atoms with Crippen molar-refractivity contribution < 1.29 is 37.4 Å². The minimum atomic E-state index is -1.07. The molecule has 1 saturated carbocycles. The zero-order chi connectivity index (χ0) is 48.0. The average Bonchev–Trinajstić information content (AvgIpc) is 3.82. The van der Waals surface area contributed by atoms with Crippen molar-refractivity contribution in [3.05, 3.63) is 100 Å². The van der Waals surface area contributed by atoms with Gasteiger partial charge in [-0.3, -0.25) is 29.3 Å². The number of piperidine rings is 1. The van der Waals surface area contributed by atoms with Crippen LogP contribution in [-0.4, -0.2) is 91.4 Å². The molecule has 4 aromatic carbocycles. The van der Waals surface area contributed by atoms with Crippen molar-refractivity contribution in [1.29, 1.82) is 0 Å². The molecule has 0 spiro atoms. The van der Waals surface area contributed by atoms with Crippen molar-refractivity contribution in [3.8, 4) is 22.6 Å². The summed E-state index contributed by atoms with van der Waals surface area (Å²) < 4.78 is 45.8. The molecule has 9 rings (SSSR count). The number of aromatic nitrogens is 2. The standard InChI is InChI=1S/C51H57ClF2N8O6/c1-29-42-40(27-37(53)45(52)44(42)43-36(47(55)64)16-17-39(67-4)46(43)54)68-51(29,32-8-6-5-7-9-32)28-56-33-12-10-31(11-13-33)49(65)59(2)22-18-30-19-23-61(24-20-30)34-14-15-35-38(26-34)60(3)58-48(35)62-25-21-41(63)57-50(62)66/h5-9,14-17,26-27,29-31,33,56H,10-13,18-25,28H2,1-4H3,(H2,55,64)(H,57,63,66). The topological polar surface area (TPSA) is 164 Å². The molecule has 2 saturated heterocycles. The molecule has 3 fully saturated rings. The Balaban J connectivity index is 0.803. The van der Waals surface area contributed by atoms with Crippen molar-refractivity contribution >= 4 is 57.8 Å². The molecule has 14 nitrogen and oxygen atoms in total. The van der Waals surface area contributed by atoms with Crippen LogP contribution in [0.2, 0.25) is 5.02 Å². The maximum Gasteiger partial charge on any atom is 0.329 e. The van der Waals surface area contributed by atoms with E-state index in [0.29, 0.717) is 36.9 Å². The van der Waals surface area contributed by atoms with Gasteiger partial charge in [0.05, 0.1) is 23.2 Å². The third-order valence-corrected chi connectivity index (χ3v) is 15.2. The molecular formula is C51H57ClF2N8O6. The third-order valence-electron chi connectivity index (χ3n) is 14.8. The summed E-state index contributed by atoms with van der Waals surface area (Å²) in [6, 6.07) is 19.3. The summed E-state index contributed by atoms with van der Waals surface area (Å²) in [4.78, 5) is 56.5. The number of rotatable bonds is 13. The maximum atomic E-state index is 16.2. The lowest BCUT2D eigenvalue weighted by Crippen LogP contribution is -2.49. The van der Waals surface area contributed by atoms with Gasteiger partial charge in [0, 0.05) is 105 Å². The monoisotopic (exact) mass is 950 g/mol. The number of hydrogen-bond donors (Lipinski definition) is 3. The van der Waals surface area contributed by atoms with E-state index in [0.717, 1.165) is 80.2 Å². The molecule has 68 heavy (non-hydrogen) atoms. The smallest absolute Gasteiger partial charge is 0.329 e. The molecule has 5 amide bonds. The van der Waals surface area contributed by atoms with E-state index < -0.39 is 35.1 Å². The number of methoxy groups -OCH3 is 1. The normalized spacial score (nSPS) is 22.0. The maximum absolute atomic E-state index is 16.2. The number of carbonyl (C=O) groups is 4. The lowest BCUT2D eigenvalue weighted by Gasteiger charge is -2.37. The molecule has 17 heteroatoms. The number of primary amides is 1. The quantitative estimate of drug-likeness (QED) is 0.106. The number of anilines is 2. The predicted octanol–water partition coefficient (Wildman–Crippen LogP) is 8.03. The van der Waals surface area contributed by atoms with Crippen LogP contribution in [0.3, 0.4) is 0 Å². The van der Waals surface area contributed by atoms with Gasteiger partial charge in [-0.1, -0.05) is 48.9 Å². The van der Waals surface area contributed by atoms with Crippen molar-refractivity contribution in [2.75, 3.05) is 56.7 Å². The Bertz CT molecular complexity index is 2770. The molecule has 1 aliphatic carbocycles.